The largest absolute Gasteiger partial charge is 0.454 e. The lowest BCUT2D eigenvalue weighted by atomic mass is 10.0. The maximum absolute atomic E-state index is 10.0. The summed E-state index contributed by atoms with van der Waals surface area (Å²) < 4.78 is 15.9. The Labute approximate surface area is 100 Å². The molecule has 1 aromatic rings. The molecule has 1 unspecified atom stereocenters. The van der Waals surface area contributed by atoms with Gasteiger partial charge in [-0.3, -0.25) is 0 Å². The van der Waals surface area contributed by atoms with Gasteiger partial charge in [0.2, 0.25) is 6.79 Å². The van der Waals surface area contributed by atoms with Crippen molar-refractivity contribution in [2.75, 3.05) is 27.5 Å². The smallest absolute Gasteiger partial charge is 0.231 e. The molecule has 0 saturated heterocycles. The Morgan fingerprint density at radius 2 is 2.29 bits per heavy atom. The summed E-state index contributed by atoms with van der Waals surface area (Å²) in [5.41, 5.74) is 1.66. The number of nitrogens with one attached hydrogen (secondary N) is 1. The van der Waals surface area contributed by atoms with Crippen LogP contribution >= 0.6 is 0 Å². The zero-order chi connectivity index (χ0) is 12.3. The summed E-state index contributed by atoms with van der Waals surface area (Å²) >= 11 is 0. The molecule has 1 atom stereocenters. The molecule has 2 N–H and O–H groups in total. The van der Waals surface area contributed by atoms with Crippen molar-refractivity contribution in [2.24, 2.45) is 0 Å². The van der Waals surface area contributed by atoms with Crippen LogP contribution in [0.5, 0.6) is 11.5 Å². The van der Waals surface area contributed by atoms with E-state index in [4.69, 9.17) is 14.2 Å². The van der Waals surface area contributed by atoms with Gasteiger partial charge in [-0.1, -0.05) is 6.07 Å². The van der Waals surface area contributed by atoms with Gasteiger partial charge in [-0.15, -0.1) is 0 Å². The van der Waals surface area contributed by atoms with Gasteiger partial charge in [0.25, 0.3) is 0 Å². The second kappa shape index (κ2) is 5.35. The van der Waals surface area contributed by atoms with Crippen LogP contribution in [0, 0.1) is 0 Å². The summed E-state index contributed by atoms with van der Waals surface area (Å²) in [7, 11) is 3.41. The number of aliphatic hydroxyl groups excluding tert-OH is 1. The Morgan fingerprint density at radius 1 is 1.47 bits per heavy atom. The Kier molecular flexibility index (Phi) is 3.83. The molecule has 5 nitrogen and oxygen atoms in total. The van der Waals surface area contributed by atoms with Gasteiger partial charge in [0, 0.05) is 19.2 Å². The lowest BCUT2D eigenvalue weighted by molar-refractivity contribution is 0.152. The predicted octanol–water partition coefficient (Wildman–Crippen LogP) is 0.815. The molecule has 0 bridgehead atoms. The fourth-order valence-electron chi connectivity index (χ4n) is 1.95. The molecular formula is C12H17NO4. The Balaban J connectivity index is 2.37. The van der Waals surface area contributed by atoms with Crippen LogP contribution in [0.4, 0.5) is 0 Å². The number of likely N-dealkylation sites (N-methyl/N-ethyl adjacent to an activating group) is 1. The maximum atomic E-state index is 10.0. The van der Waals surface area contributed by atoms with E-state index in [0.29, 0.717) is 24.7 Å². The fraction of sp³-hybridized carbons (Fsp3) is 0.500. The van der Waals surface area contributed by atoms with E-state index in [1.807, 2.05) is 12.1 Å². The van der Waals surface area contributed by atoms with Crippen LogP contribution in [0.2, 0.25) is 0 Å². The molecule has 5 heteroatoms. The van der Waals surface area contributed by atoms with Crippen LogP contribution in [0.25, 0.3) is 0 Å². The highest BCUT2D eigenvalue weighted by atomic mass is 16.7. The Morgan fingerprint density at radius 3 is 3.00 bits per heavy atom. The van der Waals surface area contributed by atoms with Crippen molar-refractivity contribution in [2.45, 2.75) is 12.7 Å². The molecule has 0 aromatic heterocycles. The minimum Gasteiger partial charge on any atom is -0.454 e. The average molecular weight is 239 g/mol. The van der Waals surface area contributed by atoms with Crippen molar-refractivity contribution in [3.63, 3.8) is 0 Å². The minimum atomic E-state index is -0.584. The standard InChI is InChI=1S/C12H17NO4/c1-13-5-10(14)8-3-4-11-12(17-7-16-11)9(8)6-15-2/h3-4,10,13-14H,5-7H2,1-2H3. The first-order chi connectivity index (χ1) is 8.27. The van der Waals surface area contributed by atoms with Crippen molar-refractivity contribution < 1.29 is 19.3 Å². The zero-order valence-corrected chi connectivity index (χ0v) is 10.0. The average Bonchev–Trinajstić information content (AvgIpc) is 2.78. The van der Waals surface area contributed by atoms with Gasteiger partial charge in [0.05, 0.1) is 12.7 Å². The summed E-state index contributed by atoms with van der Waals surface area (Å²) in [6.45, 7) is 1.09. The minimum absolute atomic E-state index is 0.220. The number of methoxy groups -OCH3 is 1. The number of rotatable bonds is 5. The number of hydrogen-bond acceptors (Lipinski definition) is 5. The predicted molar refractivity (Wildman–Crippen MR) is 62.2 cm³/mol. The molecule has 0 aliphatic carbocycles. The van der Waals surface area contributed by atoms with E-state index in [0.717, 1.165) is 11.1 Å². The third-order valence-corrected chi connectivity index (χ3v) is 2.72. The number of aliphatic hydroxyl groups is 1. The SMILES string of the molecule is CNCC(O)c1ccc2c(c1COC)OCO2. The van der Waals surface area contributed by atoms with Gasteiger partial charge < -0.3 is 24.6 Å². The molecule has 94 valence electrons. The molecule has 2 rings (SSSR count). The van der Waals surface area contributed by atoms with E-state index in [1.54, 1.807) is 14.2 Å². The Hall–Kier alpha value is -1.30. The molecule has 1 heterocycles. The van der Waals surface area contributed by atoms with Crippen molar-refractivity contribution in [1.82, 2.24) is 5.32 Å². The summed E-state index contributed by atoms with van der Waals surface area (Å²) in [5.74, 6) is 1.39. The van der Waals surface area contributed by atoms with E-state index in [1.165, 1.54) is 0 Å². The molecule has 17 heavy (non-hydrogen) atoms. The van der Waals surface area contributed by atoms with Gasteiger partial charge >= 0.3 is 0 Å². The lowest BCUT2D eigenvalue weighted by Crippen LogP contribution is -2.18. The Bertz CT molecular complexity index is 394. The number of ether oxygens (including phenoxy) is 3. The van der Waals surface area contributed by atoms with Gasteiger partial charge in [-0.2, -0.15) is 0 Å². The normalized spacial score (nSPS) is 15.0. The highest BCUT2D eigenvalue weighted by Crippen LogP contribution is 2.39. The molecule has 0 amide bonds. The van der Waals surface area contributed by atoms with Crippen molar-refractivity contribution in [1.29, 1.82) is 0 Å². The second-order valence-electron chi connectivity index (χ2n) is 3.87. The first-order valence-electron chi connectivity index (χ1n) is 5.51. The van der Waals surface area contributed by atoms with Gasteiger partial charge in [0.1, 0.15) is 0 Å². The molecule has 0 saturated carbocycles. The van der Waals surface area contributed by atoms with Crippen molar-refractivity contribution >= 4 is 0 Å². The number of fused-ring (bicyclic) bond motifs is 1. The molecule has 0 fully saturated rings. The van der Waals surface area contributed by atoms with E-state index >= 15 is 0 Å². The van der Waals surface area contributed by atoms with E-state index in [-0.39, 0.29) is 6.79 Å². The van der Waals surface area contributed by atoms with Crippen molar-refractivity contribution in [3.05, 3.63) is 23.3 Å². The van der Waals surface area contributed by atoms with Crippen molar-refractivity contribution in [3.8, 4) is 11.5 Å². The third-order valence-electron chi connectivity index (χ3n) is 2.72. The van der Waals surface area contributed by atoms with Crippen LogP contribution in [-0.2, 0) is 11.3 Å². The van der Waals surface area contributed by atoms with Crippen LogP contribution in [-0.4, -0.2) is 32.6 Å². The molecule has 0 spiro atoms. The summed E-state index contributed by atoms with van der Waals surface area (Å²) in [5, 5.41) is 13.0. The third kappa shape index (κ3) is 2.36. The quantitative estimate of drug-likeness (QED) is 0.796. The topological polar surface area (TPSA) is 60.0 Å². The monoisotopic (exact) mass is 239 g/mol. The van der Waals surface area contributed by atoms with E-state index in [2.05, 4.69) is 5.32 Å². The summed E-state index contributed by atoms with van der Waals surface area (Å²) in [4.78, 5) is 0. The van der Waals surface area contributed by atoms with Crippen LogP contribution in [0.15, 0.2) is 12.1 Å². The van der Waals surface area contributed by atoms with E-state index in [9.17, 15) is 5.11 Å². The molecule has 0 radical (unpaired) electrons. The highest BCUT2D eigenvalue weighted by Gasteiger charge is 2.23. The van der Waals surface area contributed by atoms with E-state index < -0.39 is 6.10 Å². The van der Waals surface area contributed by atoms with Gasteiger partial charge in [0.15, 0.2) is 11.5 Å². The summed E-state index contributed by atoms with van der Waals surface area (Å²) in [6.07, 6.45) is -0.584. The highest BCUT2D eigenvalue weighted by molar-refractivity contribution is 5.52. The van der Waals surface area contributed by atoms with Crippen LogP contribution in [0.1, 0.15) is 17.2 Å². The lowest BCUT2D eigenvalue weighted by Gasteiger charge is -2.16. The molecular weight excluding hydrogens is 222 g/mol. The molecule has 1 aliphatic heterocycles. The van der Waals surface area contributed by atoms with Crippen LogP contribution < -0.4 is 14.8 Å². The number of hydrogen-bond donors (Lipinski definition) is 2. The second-order valence-corrected chi connectivity index (χ2v) is 3.87. The first-order valence-corrected chi connectivity index (χ1v) is 5.51. The summed E-state index contributed by atoms with van der Waals surface area (Å²) in [6, 6.07) is 3.67. The van der Waals surface area contributed by atoms with Gasteiger partial charge in [-0.05, 0) is 18.7 Å². The zero-order valence-electron chi connectivity index (χ0n) is 10.0. The maximum Gasteiger partial charge on any atom is 0.231 e. The fourth-order valence-corrected chi connectivity index (χ4v) is 1.95. The van der Waals surface area contributed by atoms with Crippen LogP contribution in [0.3, 0.4) is 0 Å². The molecule has 1 aromatic carbocycles. The van der Waals surface area contributed by atoms with Gasteiger partial charge in [-0.25, -0.2) is 0 Å². The molecule has 1 aliphatic rings. The first kappa shape index (κ1) is 12.2. The number of benzene rings is 1.